The second-order valence-electron chi connectivity index (χ2n) is 20.1. The van der Waals surface area contributed by atoms with E-state index in [2.05, 4.69) is 26.6 Å². The Balaban J connectivity index is 0.000000254. The number of hydrogen-bond donors (Lipinski definition) is 6. The maximum Gasteiger partial charge on any atom is 0.336 e. The molecule has 2 fully saturated rings. The molecule has 5 amide bonds. The Morgan fingerprint density at radius 3 is 1.33 bits per heavy atom. The molecular formula is C52H64F2N6O7. The SMILES string of the molecule is Cc1c(F)cc(C(=O)NC2CC2)cc1-c1ccc(C(=O)NCC(C)(C)C)cc1C(=O)NCCN(C)C.Cc1c(F)cc(C(=O)NC2CC2)cc1-c1ccc(C(=O)NCC(C)(C)C)cc1C(=O)O. The molecule has 0 unspecified atom stereocenters. The minimum Gasteiger partial charge on any atom is -0.478 e. The van der Waals surface area contributed by atoms with Gasteiger partial charge < -0.3 is 36.6 Å². The smallest absolute Gasteiger partial charge is 0.336 e. The van der Waals surface area contributed by atoms with E-state index in [1.807, 2.05) is 60.5 Å². The van der Waals surface area contributed by atoms with E-state index < -0.39 is 23.5 Å². The van der Waals surface area contributed by atoms with E-state index >= 15 is 0 Å². The molecule has 2 aliphatic rings. The molecule has 67 heavy (non-hydrogen) atoms. The molecule has 0 radical (unpaired) electrons. The van der Waals surface area contributed by atoms with Crippen molar-refractivity contribution in [2.24, 2.45) is 10.8 Å². The van der Waals surface area contributed by atoms with E-state index in [9.17, 15) is 42.7 Å². The molecule has 0 aliphatic heterocycles. The summed E-state index contributed by atoms with van der Waals surface area (Å²) < 4.78 is 29.5. The predicted molar refractivity (Wildman–Crippen MR) is 256 cm³/mol. The van der Waals surface area contributed by atoms with Gasteiger partial charge in [-0.3, -0.25) is 24.0 Å². The second-order valence-corrected chi connectivity index (χ2v) is 20.1. The molecule has 4 aromatic rings. The van der Waals surface area contributed by atoms with Crippen LogP contribution in [0.15, 0.2) is 60.7 Å². The molecule has 0 heterocycles. The van der Waals surface area contributed by atoms with Gasteiger partial charge in [0.05, 0.1) is 5.56 Å². The lowest BCUT2D eigenvalue weighted by Crippen LogP contribution is -2.33. The Hall–Kier alpha value is -6.48. The lowest BCUT2D eigenvalue weighted by Gasteiger charge is -2.19. The third kappa shape index (κ3) is 14.8. The number of benzene rings is 4. The van der Waals surface area contributed by atoms with Gasteiger partial charge in [-0.05, 0) is 146 Å². The monoisotopic (exact) mass is 922 g/mol. The molecule has 0 aromatic heterocycles. The van der Waals surface area contributed by atoms with Crippen LogP contribution in [0.5, 0.6) is 0 Å². The fourth-order valence-corrected chi connectivity index (χ4v) is 6.76. The lowest BCUT2D eigenvalue weighted by atomic mass is 9.91. The van der Waals surface area contributed by atoms with E-state index in [-0.39, 0.29) is 85.5 Å². The summed E-state index contributed by atoms with van der Waals surface area (Å²) in [5.74, 6) is -4.14. The number of carbonyl (C=O) groups is 6. The molecule has 13 nitrogen and oxygen atoms in total. The van der Waals surface area contributed by atoms with Crippen LogP contribution in [0.4, 0.5) is 8.78 Å². The lowest BCUT2D eigenvalue weighted by molar-refractivity contribution is 0.0696. The van der Waals surface area contributed by atoms with Gasteiger partial charge in [0.25, 0.3) is 29.5 Å². The molecule has 6 rings (SSSR count). The summed E-state index contributed by atoms with van der Waals surface area (Å²) in [4.78, 5) is 77.5. The summed E-state index contributed by atoms with van der Waals surface area (Å²) in [6.07, 6.45) is 3.63. The largest absolute Gasteiger partial charge is 0.478 e. The number of aromatic carboxylic acids is 1. The average Bonchev–Trinajstić information content (AvgIpc) is 4.21. The van der Waals surface area contributed by atoms with Crippen LogP contribution in [-0.4, -0.2) is 97.9 Å². The van der Waals surface area contributed by atoms with Crippen LogP contribution in [-0.2, 0) is 0 Å². The number of likely N-dealkylation sites (N-methyl/N-ethyl adjacent to an activating group) is 1. The fourth-order valence-electron chi connectivity index (χ4n) is 6.76. The Morgan fingerprint density at radius 1 is 0.552 bits per heavy atom. The Labute approximate surface area is 391 Å². The van der Waals surface area contributed by atoms with Crippen LogP contribution in [0, 0.1) is 36.3 Å². The third-order valence-electron chi connectivity index (χ3n) is 11.1. The number of halogens is 2. The zero-order chi connectivity index (χ0) is 49.5. The highest BCUT2D eigenvalue weighted by molar-refractivity contribution is 6.06. The van der Waals surface area contributed by atoms with Crippen LogP contribution in [0.3, 0.4) is 0 Å². The van der Waals surface area contributed by atoms with E-state index in [1.165, 1.54) is 43.3 Å². The van der Waals surface area contributed by atoms with Gasteiger partial charge in [0.1, 0.15) is 11.6 Å². The minimum atomic E-state index is -1.24. The summed E-state index contributed by atoms with van der Waals surface area (Å²) in [5, 5.41) is 24.0. The second kappa shape index (κ2) is 21.4. The van der Waals surface area contributed by atoms with Gasteiger partial charge in [0.15, 0.2) is 0 Å². The van der Waals surface area contributed by atoms with E-state index in [0.29, 0.717) is 54.0 Å². The minimum absolute atomic E-state index is 0.0991. The van der Waals surface area contributed by atoms with Gasteiger partial charge in [-0.15, -0.1) is 0 Å². The summed E-state index contributed by atoms with van der Waals surface area (Å²) in [7, 11) is 3.81. The van der Waals surface area contributed by atoms with Gasteiger partial charge in [-0.2, -0.15) is 0 Å². The van der Waals surface area contributed by atoms with E-state index in [0.717, 1.165) is 31.7 Å². The van der Waals surface area contributed by atoms with Crippen molar-refractivity contribution < 1.29 is 42.7 Å². The highest BCUT2D eigenvalue weighted by atomic mass is 19.1. The summed E-state index contributed by atoms with van der Waals surface area (Å²) in [6, 6.07) is 14.8. The molecule has 0 saturated heterocycles. The van der Waals surface area contributed by atoms with Gasteiger partial charge in [0.2, 0.25) is 0 Å². The van der Waals surface area contributed by atoms with Crippen LogP contribution in [0.25, 0.3) is 22.3 Å². The first-order chi connectivity index (χ1) is 31.3. The van der Waals surface area contributed by atoms with Crippen molar-refractivity contribution in [2.45, 2.75) is 93.2 Å². The third-order valence-corrected chi connectivity index (χ3v) is 11.1. The Bertz CT molecular complexity index is 2550. The molecule has 358 valence electrons. The van der Waals surface area contributed by atoms with Gasteiger partial charge in [0, 0.05) is 66.1 Å². The van der Waals surface area contributed by atoms with Crippen LogP contribution < -0.4 is 26.6 Å². The van der Waals surface area contributed by atoms with Crippen molar-refractivity contribution in [3.8, 4) is 22.3 Å². The standard InChI is InChI=1S/C28H37FN4O3.C24H27FN2O4/c1-17-22(14-19(15-24(17)29)26(35)32-20-8-9-20)21-10-7-18(25(34)31-16-28(2,3)4)13-23(21)27(36)30-11-12-33(5)6;1-13-18(10-15(11-20(13)25)22(29)27-16-6-7-16)17-8-5-14(9-19(17)23(30)31)21(28)26-12-24(2,3)4/h7,10,13-15,20H,8-9,11-12,16H2,1-6H3,(H,30,36)(H,31,34)(H,32,35);5,8-11,16H,6-7,12H2,1-4H3,(H,26,28)(H,27,29)(H,30,31). The zero-order valence-corrected chi connectivity index (χ0v) is 40.2. The number of carbonyl (C=O) groups excluding carboxylic acids is 5. The normalized spacial score (nSPS) is 13.5. The van der Waals surface area contributed by atoms with Crippen LogP contribution in [0.1, 0.15) is 141 Å². The van der Waals surface area contributed by atoms with Crippen LogP contribution in [0.2, 0.25) is 0 Å². The van der Waals surface area contributed by atoms with Crippen molar-refractivity contribution in [1.82, 2.24) is 31.5 Å². The number of amides is 5. The first-order valence-corrected chi connectivity index (χ1v) is 22.6. The molecule has 0 spiro atoms. The molecule has 4 aromatic carbocycles. The quantitative estimate of drug-likeness (QED) is 0.0694. The summed E-state index contributed by atoms with van der Waals surface area (Å²) in [5.41, 5.74) is 2.77. The number of carboxylic acid groups (broad SMARTS) is 1. The molecular weight excluding hydrogens is 859 g/mol. The fraction of sp³-hybridized carbons (Fsp3) is 0.423. The molecule has 6 N–H and O–H groups in total. The topological polar surface area (TPSA) is 186 Å². The Morgan fingerprint density at radius 2 is 0.955 bits per heavy atom. The number of carboxylic acids is 1. The maximum absolute atomic E-state index is 14.9. The average molecular weight is 923 g/mol. The maximum atomic E-state index is 14.9. The molecule has 0 atom stereocenters. The van der Waals surface area contributed by atoms with Crippen molar-refractivity contribution in [1.29, 1.82) is 0 Å². The predicted octanol–water partition coefficient (Wildman–Crippen LogP) is 7.93. The van der Waals surface area contributed by atoms with Crippen molar-refractivity contribution >= 4 is 35.5 Å². The van der Waals surface area contributed by atoms with E-state index in [4.69, 9.17) is 0 Å². The highest BCUT2D eigenvalue weighted by Gasteiger charge is 2.28. The Kier molecular flexibility index (Phi) is 16.5. The van der Waals surface area contributed by atoms with Gasteiger partial charge in [-0.25, -0.2) is 13.6 Å². The number of rotatable bonds is 15. The van der Waals surface area contributed by atoms with Gasteiger partial charge in [-0.1, -0.05) is 53.7 Å². The molecule has 0 bridgehead atoms. The molecule has 2 saturated carbocycles. The molecule has 15 heteroatoms. The number of hydrogen-bond acceptors (Lipinski definition) is 7. The number of nitrogens with zero attached hydrogens (tertiary/aromatic N) is 1. The summed E-state index contributed by atoms with van der Waals surface area (Å²) in [6.45, 7) is 17.1. The van der Waals surface area contributed by atoms with Crippen molar-refractivity contribution in [3.63, 3.8) is 0 Å². The van der Waals surface area contributed by atoms with Crippen molar-refractivity contribution in [3.05, 3.63) is 117 Å². The first kappa shape index (κ1) is 51.5. The van der Waals surface area contributed by atoms with E-state index in [1.54, 1.807) is 25.1 Å². The molecule has 2 aliphatic carbocycles. The van der Waals surface area contributed by atoms with Gasteiger partial charge >= 0.3 is 5.97 Å². The first-order valence-electron chi connectivity index (χ1n) is 22.6. The highest BCUT2D eigenvalue weighted by Crippen LogP contribution is 2.33. The van der Waals surface area contributed by atoms with Crippen molar-refractivity contribution in [2.75, 3.05) is 40.3 Å². The zero-order valence-electron chi connectivity index (χ0n) is 40.2. The summed E-state index contributed by atoms with van der Waals surface area (Å²) >= 11 is 0. The van der Waals surface area contributed by atoms with Crippen LogP contribution >= 0.6 is 0 Å². The number of nitrogens with one attached hydrogen (secondary N) is 5.